The van der Waals surface area contributed by atoms with Gasteiger partial charge in [0.25, 0.3) is 0 Å². The van der Waals surface area contributed by atoms with Crippen molar-refractivity contribution in [1.29, 1.82) is 5.41 Å². The van der Waals surface area contributed by atoms with Gasteiger partial charge < -0.3 is 11.1 Å². The molecule has 0 aromatic rings. The predicted octanol–water partition coefficient (Wildman–Crippen LogP) is 1.19. The Bertz CT molecular complexity index is 118. The van der Waals surface area contributed by atoms with Crippen molar-refractivity contribution in [3.8, 4) is 0 Å². The van der Waals surface area contributed by atoms with Crippen molar-refractivity contribution in [2.75, 3.05) is 0 Å². The first kappa shape index (κ1) is 7.14. The van der Waals surface area contributed by atoms with E-state index in [4.69, 9.17) is 11.1 Å². The van der Waals surface area contributed by atoms with Gasteiger partial charge in [-0.25, -0.2) is 4.39 Å². The van der Waals surface area contributed by atoms with Gasteiger partial charge in [-0.3, -0.25) is 0 Å². The van der Waals surface area contributed by atoms with Crippen molar-refractivity contribution in [3.05, 3.63) is 11.5 Å². The number of rotatable bonds is 2. The molecule has 0 aromatic carbocycles. The largest absolute Gasteiger partial charge is 0.400 e. The fraction of sp³-hybridized carbons (Fsp3) is 0.400. The fourth-order valence-corrected chi connectivity index (χ4v) is 0.262. The summed E-state index contributed by atoms with van der Waals surface area (Å²) in [6.07, 6.45) is 1.07. The second-order valence-corrected chi connectivity index (χ2v) is 1.37. The Balaban J connectivity index is 4.03. The highest BCUT2D eigenvalue weighted by atomic mass is 19.1. The van der Waals surface area contributed by atoms with E-state index in [2.05, 4.69) is 0 Å². The average Bonchev–Trinajstić information content (AvgIpc) is 1.84. The molecule has 46 valence electrons. The van der Waals surface area contributed by atoms with Gasteiger partial charge in [0, 0.05) is 5.70 Å². The van der Waals surface area contributed by atoms with Crippen LogP contribution in [0.2, 0.25) is 0 Å². The molecule has 0 aromatic heterocycles. The summed E-state index contributed by atoms with van der Waals surface area (Å²) in [7, 11) is 0. The molecule has 0 unspecified atom stereocenters. The summed E-state index contributed by atoms with van der Waals surface area (Å²) in [5.74, 6) is -0.632. The third kappa shape index (κ3) is 1.73. The van der Waals surface area contributed by atoms with E-state index < -0.39 is 5.83 Å². The fourth-order valence-electron chi connectivity index (χ4n) is 0.262. The molecule has 0 amide bonds. The second-order valence-electron chi connectivity index (χ2n) is 1.37. The van der Waals surface area contributed by atoms with E-state index in [1.165, 1.54) is 0 Å². The summed E-state index contributed by atoms with van der Waals surface area (Å²) in [5.41, 5.74) is 5.22. The quantitative estimate of drug-likeness (QED) is 0.523. The van der Waals surface area contributed by atoms with Crippen molar-refractivity contribution in [3.63, 3.8) is 0 Å². The highest BCUT2D eigenvalue weighted by molar-refractivity contribution is 5.73. The van der Waals surface area contributed by atoms with Gasteiger partial charge in [-0.1, -0.05) is 6.92 Å². The maximum atomic E-state index is 12.0. The number of nitrogens with two attached hydrogens (primary N) is 1. The Hall–Kier alpha value is -0.860. The topological polar surface area (TPSA) is 49.9 Å². The number of allylic oxidation sites excluding steroid dienone is 2. The van der Waals surface area contributed by atoms with E-state index in [1.807, 2.05) is 0 Å². The van der Waals surface area contributed by atoms with Crippen LogP contribution in [-0.2, 0) is 0 Å². The summed E-state index contributed by atoms with van der Waals surface area (Å²) < 4.78 is 12.0. The molecule has 0 heterocycles. The molecule has 0 saturated heterocycles. The molecule has 0 rings (SSSR count). The number of hydrogen-bond donors (Lipinski definition) is 2. The lowest BCUT2D eigenvalue weighted by atomic mass is 10.3. The van der Waals surface area contributed by atoms with Crippen LogP contribution in [0.4, 0.5) is 4.39 Å². The van der Waals surface area contributed by atoms with E-state index in [9.17, 15) is 4.39 Å². The van der Waals surface area contributed by atoms with Gasteiger partial charge >= 0.3 is 0 Å². The first-order valence-electron chi connectivity index (χ1n) is 2.37. The zero-order valence-corrected chi connectivity index (χ0v) is 4.74. The summed E-state index contributed by atoms with van der Waals surface area (Å²) >= 11 is 0. The number of halogens is 1. The highest BCUT2D eigenvalue weighted by Crippen LogP contribution is 1.99. The Morgan fingerprint density at radius 3 is 2.50 bits per heavy atom. The number of nitrogens with one attached hydrogen (secondary N) is 1. The minimum Gasteiger partial charge on any atom is -0.400 e. The maximum absolute atomic E-state index is 12.0. The first-order chi connectivity index (χ1) is 3.72. The molecular formula is C5H9FN2. The highest BCUT2D eigenvalue weighted by Gasteiger charge is 1.92. The van der Waals surface area contributed by atoms with Gasteiger partial charge in [-0.15, -0.1) is 0 Å². The van der Waals surface area contributed by atoms with Crippen molar-refractivity contribution >= 4 is 6.21 Å². The van der Waals surface area contributed by atoms with Gasteiger partial charge in [0.2, 0.25) is 0 Å². The molecule has 3 heteroatoms. The lowest BCUT2D eigenvalue weighted by molar-refractivity contribution is 0.664. The van der Waals surface area contributed by atoms with E-state index >= 15 is 0 Å². The van der Waals surface area contributed by atoms with Gasteiger partial charge in [0.15, 0.2) is 5.83 Å². The molecule has 3 N–H and O–H groups in total. The standard InChI is InChI=1S/C5H9FN2/c1-2-5(8)4(6)3-7/h3,7H,2,8H2,1H3/b5-4+,7-3?. The minimum atomic E-state index is -0.632. The van der Waals surface area contributed by atoms with Crippen LogP contribution < -0.4 is 5.73 Å². The molecule has 8 heavy (non-hydrogen) atoms. The molecule has 0 bridgehead atoms. The smallest absolute Gasteiger partial charge is 0.159 e. The molecule has 0 aliphatic rings. The van der Waals surface area contributed by atoms with Crippen molar-refractivity contribution in [1.82, 2.24) is 0 Å². The SMILES string of the molecule is CC/C(N)=C(\F)C=N. The third-order valence-corrected chi connectivity index (χ3v) is 0.814. The van der Waals surface area contributed by atoms with Crippen LogP contribution in [0.15, 0.2) is 11.5 Å². The molecule has 0 saturated carbocycles. The molecule has 0 aliphatic heterocycles. The van der Waals surface area contributed by atoms with Crippen molar-refractivity contribution in [2.45, 2.75) is 13.3 Å². The molecule has 0 atom stereocenters. The molecule has 0 aliphatic carbocycles. The Morgan fingerprint density at radius 1 is 1.88 bits per heavy atom. The van der Waals surface area contributed by atoms with E-state index in [1.54, 1.807) is 6.92 Å². The van der Waals surface area contributed by atoms with Gasteiger partial charge in [0.1, 0.15) is 0 Å². The van der Waals surface area contributed by atoms with Crippen LogP contribution in [0.5, 0.6) is 0 Å². The van der Waals surface area contributed by atoms with E-state index in [0.29, 0.717) is 12.6 Å². The maximum Gasteiger partial charge on any atom is 0.159 e. The first-order valence-corrected chi connectivity index (χ1v) is 2.37. The lowest BCUT2D eigenvalue weighted by Gasteiger charge is -1.91. The molecule has 0 spiro atoms. The van der Waals surface area contributed by atoms with Gasteiger partial charge in [-0.2, -0.15) is 0 Å². The monoisotopic (exact) mass is 116 g/mol. The van der Waals surface area contributed by atoms with Crippen LogP contribution in [0, 0.1) is 5.41 Å². The lowest BCUT2D eigenvalue weighted by Crippen LogP contribution is -1.98. The summed E-state index contributed by atoms with van der Waals surface area (Å²) in [6.45, 7) is 1.73. The Labute approximate surface area is 47.7 Å². The van der Waals surface area contributed by atoms with Crippen LogP contribution in [0.3, 0.4) is 0 Å². The van der Waals surface area contributed by atoms with Crippen LogP contribution in [-0.4, -0.2) is 6.21 Å². The normalized spacial score (nSPS) is 12.8. The van der Waals surface area contributed by atoms with Crippen molar-refractivity contribution < 1.29 is 4.39 Å². The Kier molecular flexibility index (Phi) is 2.84. The average molecular weight is 116 g/mol. The third-order valence-electron chi connectivity index (χ3n) is 0.814. The molecule has 0 fully saturated rings. The molecular weight excluding hydrogens is 107 g/mol. The van der Waals surface area contributed by atoms with E-state index in [0.717, 1.165) is 0 Å². The van der Waals surface area contributed by atoms with Crippen molar-refractivity contribution in [2.24, 2.45) is 5.73 Å². The van der Waals surface area contributed by atoms with Crippen LogP contribution in [0.25, 0.3) is 0 Å². The van der Waals surface area contributed by atoms with Crippen LogP contribution >= 0.6 is 0 Å². The zero-order chi connectivity index (χ0) is 6.57. The summed E-state index contributed by atoms with van der Waals surface area (Å²) in [6, 6.07) is 0. The molecule has 2 nitrogen and oxygen atoms in total. The van der Waals surface area contributed by atoms with Crippen LogP contribution in [0.1, 0.15) is 13.3 Å². The Morgan fingerprint density at radius 2 is 2.38 bits per heavy atom. The van der Waals surface area contributed by atoms with E-state index in [-0.39, 0.29) is 5.70 Å². The van der Waals surface area contributed by atoms with Gasteiger partial charge in [-0.05, 0) is 6.42 Å². The van der Waals surface area contributed by atoms with Gasteiger partial charge in [0.05, 0.1) is 6.21 Å². The predicted molar refractivity (Wildman–Crippen MR) is 31.4 cm³/mol. The molecule has 0 radical (unpaired) electrons. The summed E-state index contributed by atoms with van der Waals surface area (Å²) in [4.78, 5) is 0. The summed E-state index contributed by atoms with van der Waals surface area (Å²) in [5, 5.41) is 6.40. The minimum absolute atomic E-state index is 0.139. The second kappa shape index (κ2) is 3.18. The zero-order valence-electron chi connectivity index (χ0n) is 4.74. The number of hydrogen-bond acceptors (Lipinski definition) is 2.